The Hall–Kier alpha value is -4.06. The zero-order valence-electron chi connectivity index (χ0n) is 14.7. The Morgan fingerprint density at radius 3 is 1.57 bits per heavy atom. The molecule has 0 atom stereocenters. The maximum atomic E-state index is 12.4. The SMILES string of the molecule is O=C(/C=C/c1ccccn1)c1cc(C(=O)/C=C/c2ccccn2)c(O)cc1O. The van der Waals surface area contributed by atoms with Crippen LogP contribution in [0.1, 0.15) is 32.1 Å². The highest BCUT2D eigenvalue weighted by molar-refractivity contribution is 6.13. The summed E-state index contributed by atoms with van der Waals surface area (Å²) in [7, 11) is 0. The molecular weight excluding hydrogens is 356 g/mol. The van der Waals surface area contributed by atoms with Gasteiger partial charge in [-0.05, 0) is 54.6 Å². The molecule has 3 aromatic rings. The van der Waals surface area contributed by atoms with Crippen molar-refractivity contribution >= 4 is 23.7 Å². The van der Waals surface area contributed by atoms with Gasteiger partial charge < -0.3 is 10.2 Å². The van der Waals surface area contributed by atoms with E-state index in [0.29, 0.717) is 11.4 Å². The zero-order valence-corrected chi connectivity index (χ0v) is 14.7. The number of rotatable bonds is 6. The minimum absolute atomic E-state index is 0.0976. The van der Waals surface area contributed by atoms with Crippen molar-refractivity contribution in [3.63, 3.8) is 0 Å². The molecule has 2 N–H and O–H groups in total. The monoisotopic (exact) mass is 372 g/mol. The van der Waals surface area contributed by atoms with Crippen LogP contribution in [0.2, 0.25) is 0 Å². The smallest absolute Gasteiger partial charge is 0.189 e. The van der Waals surface area contributed by atoms with Crippen molar-refractivity contribution in [2.45, 2.75) is 0 Å². The normalized spacial score (nSPS) is 11.1. The second-order valence-corrected chi connectivity index (χ2v) is 5.79. The number of benzene rings is 1. The predicted octanol–water partition coefficient (Wildman–Crippen LogP) is 3.68. The fourth-order valence-corrected chi connectivity index (χ4v) is 2.42. The number of ketones is 2. The molecule has 0 aliphatic carbocycles. The van der Waals surface area contributed by atoms with E-state index in [0.717, 1.165) is 6.07 Å². The molecule has 28 heavy (non-hydrogen) atoms. The second kappa shape index (κ2) is 8.55. The summed E-state index contributed by atoms with van der Waals surface area (Å²) in [5.74, 6) is -1.88. The number of phenolic OH excluding ortho intramolecular Hbond substituents is 2. The standard InChI is InChI=1S/C22H16N2O4/c25-19(9-7-15-5-1-3-11-23-15)17-13-18(22(28)14-21(17)27)20(26)10-8-16-6-2-4-12-24-16/h1-14,27-28H/b9-7+,10-8+. The number of phenols is 2. The van der Waals surface area contributed by atoms with Crippen LogP contribution in [-0.4, -0.2) is 31.7 Å². The molecule has 6 nitrogen and oxygen atoms in total. The summed E-state index contributed by atoms with van der Waals surface area (Å²) in [6, 6.07) is 12.6. The van der Waals surface area contributed by atoms with Crippen LogP contribution in [0.5, 0.6) is 11.5 Å². The van der Waals surface area contributed by atoms with Crippen molar-refractivity contribution in [3.05, 3.63) is 95.6 Å². The predicted molar refractivity (Wildman–Crippen MR) is 105 cm³/mol. The number of hydrogen-bond donors (Lipinski definition) is 2. The lowest BCUT2D eigenvalue weighted by Crippen LogP contribution is -2.01. The first-order valence-corrected chi connectivity index (χ1v) is 8.37. The Bertz CT molecular complexity index is 976. The van der Waals surface area contributed by atoms with Gasteiger partial charge >= 0.3 is 0 Å². The van der Waals surface area contributed by atoms with Crippen molar-refractivity contribution in [2.75, 3.05) is 0 Å². The average molecular weight is 372 g/mol. The Balaban J connectivity index is 1.85. The molecule has 2 heterocycles. The van der Waals surface area contributed by atoms with Gasteiger partial charge in [0.15, 0.2) is 11.6 Å². The van der Waals surface area contributed by atoms with Crippen molar-refractivity contribution in [1.82, 2.24) is 9.97 Å². The van der Waals surface area contributed by atoms with E-state index >= 15 is 0 Å². The lowest BCUT2D eigenvalue weighted by atomic mass is 10.0. The third-order valence-electron chi connectivity index (χ3n) is 3.83. The van der Waals surface area contributed by atoms with Crippen molar-refractivity contribution in [3.8, 4) is 11.5 Å². The molecule has 0 spiro atoms. The topological polar surface area (TPSA) is 100 Å². The number of pyridine rings is 2. The lowest BCUT2D eigenvalue weighted by molar-refractivity contribution is 0.104. The highest BCUT2D eigenvalue weighted by Gasteiger charge is 2.17. The van der Waals surface area contributed by atoms with E-state index in [2.05, 4.69) is 9.97 Å². The number of hydrogen-bond acceptors (Lipinski definition) is 6. The van der Waals surface area contributed by atoms with Crippen LogP contribution < -0.4 is 0 Å². The molecule has 0 aliphatic rings. The molecule has 0 bridgehead atoms. The van der Waals surface area contributed by atoms with Crippen LogP contribution in [0, 0.1) is 0 Å². The molecule has 0 fully saturated rings. The maximum Gasteiger partial charge on any atom is 0.189 e. The van der Waals surface area contributed by atoms with Gasteiger partial charge in [-0.15, -0.1) is 0 Å². The van der Waals surface area contributed by atoms with E-state index in [1.807, 2.05) is 0 Å². The van der Waals surface area contributed by atoms with Gasteiger partial charge in [0, 0.05) is 18.5 Å². The van der Waals surface area contributed by atoms with Crippen LogP contribution in [0.3, 0.4) is 0 Å². The van der Waals surface area contributed by atoms with E-state index in [1.165, 1.54) is 30.4 Å². The molecule has 0 saturated heterocycles. The quantitative estimate of drug-likeness (QED) is 0.506. The Morgan fingerprint density at radius 2 is 1.18 bits per heavy atom. The third-order valence-corrected chi connectivity index (χ3v) is 3.83. The van der Waals surface area contributed by atoms with Gasteiger partial charge in [0.1, 0.15) is 11.5 Å². The van der Waals surface area contributed by atoms with Crippen molar-refractivity contribution in [2.24, 2.45) is 0 Å². The molecule has 0 saturated carbocycles. The molecule has 2 aromatic heterocycles. The Kier molecular flexibility index (Phi) is 5.72. The van der Waals surface area contributed by atoms with Crippen molar-refractivity contribution < 1.29 is 19.8 Å². The first kappa shape index (κ1) is 18.7. The Morgan fingerprint density at radius 1 is 0.714 bits per heavy atom. The van der Waals surface area contributed by atoms with Crippen LogP contribution in [-0.2, 0) is 0 Å². The summed E-state index contributed by atoms with van der Waals surface area (Å²) in [6.07, 6.45) is 8.66. The summed E-state index contributed by atoms with van der Waals surface area (Å²) in [4.78, 5) is 33.0. The largest absolute Gasteiger partial charge is 0.507 e. The van der Waals surface area contributed by atoms with Gasteiger partial charge in [-0.25, -0.2) is 0 Å². The lowest BCUT2D eigenvalue weighted by Gasteiger charge is -2.06. The van der Waals surface area contributed by atoms with Gasteiger partial charge in [0.2, 0.25) is 0 Å². The van der Waals surface area contributed by atoms with E-state index in [-0.39, 0.29) is 11.1 Å². The zero-order chi connectivity index (χ0) is 19.9. The fraction of sp³-hybridized carbons (Fsp3) is 0. The highest BCUT2D eigenvalue weighted by atomic mass is 16.3. The van der Waals surface area contributed by atoms with Crippen LogP contribution in [0.15, 0.2) is 73.1 Å². The average Bonchev–Trinajstić information content (AvgIpc) is 2.72. The summed E-state index contributed by atoms with van der Waals surface area (Å²) in [6.45, 7) is 0. The van der Waals surface area contributed by atoms with E-state index in [9.17, 15) is 19.8 Å². The number of nitrogens with zero attached hydrogens (tertiary/aromatic N) is 2. The number of carbonyl (C=O) groups excluding carboxylic acids is 2. The van der Waals surface area contributed by atoms with Crippen LogP contribution >= 0.6 is 0 Å². The van der Waals surface area contributed by atoms with Gasteiger partial charge in [-0.3, -0.25) is 19.6 Å². The number of aromatic nitrogens is 2. The molecular formula is C22H16N2O4. The van der Waals surface area contributed by atoms with Crippen molar-refractivity contribution in [1.29, 1.82) is 0 Å². The minimum Gasteiger partial charge on any atom is -0.507 e. The maximum absolute atomic E-state index is 12.4. The van der Waals surface area contributed by atoms with Gasteiger partial charge in [0.05, 0.1) is 22.5 Å². The third kappa shape index (κ3) is 4.56. The molecule has 6 heteroatoms. The van der Waals surface area contributed by atoms with Crippen LogP contribution in [0.4, 0.5) is 0 Å². The highest BCUT2D eigenvalue weighted by Crippen LogP contribution is 2.29. The molecule has 3 rings (SSSR count). The second-order valence-electron chi connectivity index (χ2n) is 5.79. The number of allylic oxidation sites excluding steroid dienone is 2. The number of aromatic hydroxyl groups is 2. The molecule has 0 amide bonds. The Labute approximate surface area is 161 Å². The number of carbonyl (C=O) groups is 2. The summed E-state index contributed by atoms with van der Waals surface area (Å²) < 4.78 is 0. The van der Waals surface area contributed by atoms with E-state index < -0.39 is 23.1 Å². The van der Waals surface area contributed by atoms with Gasteiger partial charge in [-0.1, -0.05) is 12.1 Å². The first-order chi connectivity index (χ1) is 13.5. The molecule has 138 valence electrons. The molecule has 1 aromatic carbocycles. The summed E-state index contributed by atoms with van der Waals surface area (Å²) in [5.41, 5.74) is 0.951. The fourth-order valence-electron chi connectivity index (χ4n) is 2.42. The van der Waals surface area contributed by atoms with Crippen LogP contribution in [0.25, 0.3) is 12.2 Å². The summed E-state index contributed by atoms with van der Waals surface area (Å²) >= 11 is 0. The molecule has 0 aliphatic heterocycles. The minimum atomic E-state index is -0.522. The molecule has 0 radical (unpaired) electrons. The van der Waals surface area contributed by atoms with Gasteiger partial charge in [-0.2, -0.15) is 0 Å². The summed E-state index contributed by atoms with van der Waals surface area (Å²) in [5, 5.41) is 20.0. The van der Waals surface area contributed by atoms with E-state index in [1.54, 1.807) is 48.8 Å². The van der Waals surface area contributed by atoms with E-state index in [4.69, 9.17) is 0 Å². The van der Waals surface area contributed by atoms with Gasteiger partial charge in [0.25, 0.3) is 0 Å². The first-order valence-electron chi connectivity index (χ1n) is 8.37. The molecule has 0 unspecified atom stereocenters.